The molecule has 216 valence electrons. The monoisotopic (exact) mass is 570 g/mol. The Morgan fingerprint density at radius 1 is 0.476 bits per heavy atom. The average molecular weight is 571 g/mol. The smallest absolute Gasteiger partial charge is 0.338 e. The molecule has 0 spiro atoms. The van der Waals surface area contributed by atoms with E-state index in [1.807, 2.05) is 57.2 Å². The van der Waals surface area contributed by atoms with Crippen molar-refractivity contribution < 1.29 is 42.8 Å². The van der Waals surface area contributed by atoms with Crippen LogP contribution >= 0.6 is 0 Å². The van der Waals surface area contributed by atoms with Gasteiger partial charge in [-0.25, -0.2) is 14.4 Å². The number of fused-ring (bicyclic) bond motifs is 3. The third kappa shape index (κ3) is 4.87. The Kier molecular flexibility index (Phi) is 6.61. The molecule has 0 bridgehead atoms. The number of cyclic esters (lactones) is 3. The van der Waals surface area contributed by atoms with E-state index >= 15 is 0 Å². The van der Waals surface area contributed by atoms with Crippen molar-refractivity contribution in [2.24, 2.45) is 0 Å². The number of epoxide rings is 3. The minimum Gasteiger partial charge on any atom is -0.457 e. The van der Waals surface area contributed by atoms with Gasteiger partial charge in [0.25, 0.3) is 0 Å². The van der Waals surface area contributed by atoms with Crippen molar-refractivity contribution in [3.63, 3.8) is 0 Å². The number of hydrogen-bond acceptors (Lipinski definition) is 9. The second-order valence-electron chi connectivity index (χ2n) is 11.1. The average Bonchev–Trinajstić information content (AvgIpc) is 3.89. The van der Waals surface area contributed by atoms with Crippen LogP contribution in [0.5, 0.6) is 0 Å². The van der Waals surface area contributed by atoms with Gasteiger partial charge in [0.1, 0.15) is 38.1 Å². The number of hydrogen-bond donors (Lipinski definition) is 0. The molecular formula is C33H30O9. The highest BCUT2D eigenvalue weighted by molar-refractivity contribution is 5.95. The molecule has 0 aliphatic carbocycles. The number of carbonyl (C=O) groups is 3. The quantitative estimate of drug-likeness (QED) is 0.238. The number of ether oxygens (including phenoxy) is 6. The summed E-state index contributed by atoms with van der Waals surface area (Å²) in [5.41, 5.74) is 12.3. The largest absolute Gasteiger partial charge is 0.457 e. The van der Waals surface area contributed by atoms with Crippen LogP contribution in [0.25, 0.3) is 0 Å². The summed E-state index contributed by atoms with van der Waals surface area (Å²) in [7, 11) is 0. The lowest BCUT2D eigenvalue weighted by Gasteiger charge is -2.05. The molecule has 0 radical (unpaired) electrons. The zero-order valence-electron chi connectivity index (χ0n) is 23.6. The van der Waals surface area contributed by atoms with Crippen LogP contribution in [-0.2, 0) is 48.2 Å². The van der Waals surface area contributed by atoms with Gasteiger partial charge < -0.3 is 28.4 Å². The molecule has 9 heteroatoms. The molecular weight excluding hydrogens is 540 g/mol. The summed E-state index contributed by atoms with van der Waals surface area (Å²) < 4.78 is 30.6. The lowest BCUT2D eigenvalue weighted by atomic mass is 9.97. The van der Waals surface area contributed by atoms with Gasteiger partial charge in [0, 0.05) is 16.7 Å². The molecule has 3 aromatic carbocycles. The summed E-state index contributed by atoms with van der Waals surface area (Å²) in [6, 6.07) is 11.4. The first-order chi connectivity index (χ1) is 20.3. The van der Waals surface area contributed by atoms with Crippen molar-refractivity contribution in [1.29, 1.82) is 0 Å². The fraction of sp³-hybridized carbons (Fsp3) is 0.364. The topological polar surface area (TPSA) is 116 Å². The van der Waals surface area contributed by atoms with Crippen molar-refractivity contribution in [3.05, 3.63) is 103 Å². The lowest BCUT2D eigenvalue weighted by Crippen LogP contribution is -1.96. The van der Waals surface area contributed by atoms with E-state index in [0.29, 0.717) is 36.5 Å². The van der Waals surface area contributed by atoms with Crippen molar-refractivity contribution in [3.8, 4) is 0 Å². The Bertz CT molecular complexity index is 1450. The summed E-state index contributed by atoms with van der Waals surface area (Å²) in [6.07, 6.45) is 0.739. The molecule has 42 heavy (non-hydrogen) atoms. The standard InChI is InChI=1S/3C11H10O3/c3*1-6-7(10-5-13-10)2-3-8-9(6)4-14-11(8)12/h3*2-3,10H,4-5H2,1H3/t2*10-;/m10./s1. The van der Waals surface area contributed by atoms with E-state index in [-0.39, 0.29) is 36.2 Å². The third-order valence-electron chi connectivity index (χ3n) is 8.66. The molecule has 3 aromatic rings. The van der Waals surface area contributed by atoms with Crippen molar-refractivity contribution in [1.82, 2.24) is 0 Å². The maximum Gasteiger partial charge on any atom is 0.338 e. The molecule has 9 rings (SSSR count). The lowest BCUT2D eigenvalue weighted by molar-refractivity contribution is 0.0526. The molecule has 9 nitrogen and oxygen atoms in total. The Morgan fingerprint density at radius 2 is 0.738 bits per heavy atom. The van der Waals surface area contributed by atoms with E-state index in [4.69, 9.17) is 28.4 Å². The van der Waals surface area contributed by atoms with Crippen molar-refractivity contribution in [2.75, 3.05) is 19.8 Å². The Hall–Kier alpha value is -4.05. The van der Waals surface area contributed by atoms with Gasteiger partial charge in [-0.1, -0.05) is 18.2 Å². The zero-order chi connectivity index (χ0) is 29.1. The molecule has 6 aliphatic heterocycles. The first-order valence-corrected chi connectivity index (χ1v) is 14.0. The Morgan fingerprint density at radius 3 is 0.976 bits per heavy atom. The van der Waals surface area contributed by atoms with E-state index in [9.17, 15) is 14.4 Å². The van der Waals surface area contributed by atoms with E-state index in [2.05, 4.69) is 0 Å². The molecule has 0 N–H and O–H groups in total. The van der Waals surface area contributed by atoms with Crippen LogP contribution in [0.4, 0.5) is 0 Å². The summed E-state index contributed by atoms with van der Waals surface area (Å²) in [4.78, 5) is 33.8. The van der Waals surface area contributed by atoms with Crippen LogP contribution in [0.3, 0.4) is 0 Å². The minimum absolute atomic E-state index is 0.202. The van der Waals surface area contributed by atoms with E-state index in [1.165, 1.54) is 16.7 Å². The summed E-state index contributed by atoms with van der Waals surface area (Å²) in [6.45, 7) is 9.73. The maximum absolute atomic E-state index is 11.3. The van der Waals surface area contributed by atoms with Crippen LogP contribution in [0, 0.1) is 20.8 Å². The van der Waals surface area contributed by atoms with Gasteiger partial charge in [0.15, 0.2) is 0 Å². The number of benzene rings is 3. The van der Waals surface area contributed by atoms with Gasteiger partial charge in [-0.3, -0.25) is 0 Å². The third-order valence-corrected chi connectivity index (χ3v) is 8.66. The van der Waals surface area contributed by atoms with Gasteiger partial charge >= 0.3 is 17.9 Å². The van der Waals surface area contributed by atoms with E-state index in [0.717, 1.165) is 53.2 Å². The second kappa shape index (κ2) is 10.3. The second-order valence-corrected chi connectivity index (χ2v) is 11.1. The highest BCUT2D eigenvalue weighted by Crippen LogP contribution is 2.38. The predicted octanol–water partition coefficient (Wildman–Crippen LogP) is 5.21. The maximum atomic E-state index is 11.3. The van der Waals surface area contributed by atoms with Crippen molar-refractivity contribution >= 4 is 17.9 Å². The molecule has 0 saturated carbocycles. The Balaban J connectivity index is 0.000000103. The van der Waals surface area contributed by atoms with Crippen LogP contribution < -0.4 is 0 Å². The van der Waals surface area contributed by atoms with Gasteiger partial charge in [0.2, 0.25) is 0 Å². The van der Waals surface area contributed by atoms with Crippen LogP contribution in [-0.4, -0.2) is 37.7 Å². The summed E-state index contributed by atoms with van der Waals surface area (Å²) in [5.74, 6) is -0.607. The first-order valence-electron chi connectivity index (χ1n) is 14.0. The molecule has 3 atom stereocenters. The van der Waals surface area contributed by atoms with E-state index in [1.54, 1.807) is 0 Å². The number of carbonyl (C=O) groups excluding carboxylic acids is 3. The van der Waals surface area contributed by atoms with Crippen LogP contribution in [0.1, 0.15) is 99.5 Å². The van der Waals surface area contributed by atoms with Gasteiger partial charge in [-0.2, -0.15) is 0 Å². The molecule has 3 saturated heterocycles. The predicted molar refractivity (Wildman–Crippen MR) is 147 cm³/mol. The zero-order valence-corrected chi connectivity index (χ0v) is 23.6. The normalized spacial score (nSPS) is 23.2. The molecule has 6 aliphatic rings. The molecule has 0 aromatic heterocycles. The van der Waals surface area contributed by atoms with Crippen LogP contribution in [0.2, 0.25) is 0 Å². The first kappa shape index (κ1) is 26.8. The van der Waals surface area contributed by atoms with Gasteiger partial charge in [-0.05, 0) is 72.4 Å². The summed E-state index contributed by atoms with van der Waals surface area (Å²) in [5, 5.41) is 0. The highest BCUT2D eigenvalue weighted by atomic mass is 16.6. The van der Waals surface area contributed by atoms with Gasteiger partial charge in [-0.15, -0.1) is 0 Å². The number of rotatable bonds is 3. The highest BCUT2D eigenvalue weighted by Gasteiger charge is 2.33. The fourth-order valence-corrected chi connectivity index (χ4v) is 5.83. The summed E-state index contributed by atoms with van der Waals surface area (Å²) >= 11 is 0. The Labute approximate surface area is 242 Å². The van der Waals surface area contributed by atoms with Crippen molar-refractivity contribution in [2.45, 2.75) is 58.9 Å². The van der Waals surface area contributed by atoms with E-state index < -0.39 is 0 Å². The number of esters is 3. The molecule has 1 unspecified atom stereocenters. The van der Waals surface area contributed by atoms with Crippen LogP contribution in [0.15, 0.2) is 36.4 Å². The molecule has 6 heterocycles. The SMILES string of the molecule is Cc1c(C2CO2)ccc2c1COC2=O.Cc1c([C@@H]2CO2)ccc2c1COC2=O.Cc1c([C@H]2CO2)ccc2c1COC2=O. The fourth-order valence-electron chi connectivity index (χ4n) is 5.83. The molecule has 0 amide bonds. The van der Waals surface area contributed by atoms with Gasteiger partial charge in [0.05, 0.1) is 36.5 Å². The molecule has 3 fully saturated rings. The minimum atomic E-state index is -0.202.